The summed E-state index contributed by atoms with van der Waals surface area (Å²) in [4.78, 5) is 43.4. The third kappa shape index (κ3) is 4.61. The number of hydrogen-bond donors (Lipinski definition) is 0. The van der Waals surface area contributed by atoms with Crippen molar-refractivity contribution in [1.82, 2.24) is 9.80 Å². The van der Waals surface area contributed by atoms with Gasteiger partial charge in [-0.05, 0) is 38.8 Å². The molecule has 3 amide bonds. The molecule has 1 saturated carbocycles. The molecule has 1 aliphatic carbocycles. The minimum Gasteiger partial charge on any atom is -0.489 e. The highest BCUT2D eigenvalue weighted by molar-refractivity contribution is 6.17. The topological polar surface area (TPSA) is 70.2 Å². The van der Waals surface area contributed by atoms with Crippen LogP contribution >= 0.6 is 0 Å². The molecule has 7 heteroatoms. The summed E-state index contributed by atoms with van der Waals surface area (Å²) in [5, 5.41) is 0. The Morgan fingerprint density at radius 2 is 1.61 bits per heavy atom. The molecule has 4 rings (SSSR count). The van der Waals surface area contributed by atoms with Crippen molar-refractivity contribution >= 4 is 23.4 Å². The van der Waals surface area contributed by atoms with E-state index in [1.165, 1.54) is 0 Å². The highest BCUT2D eigenvalue weighted by atomic mass is 16.5. The van der Waals surface area contributed by atoms with Crippen molar-refractivity contribution in [2.45, 2.75) is 52.1 Å². The van der Waals surface area contributed by atoms with Crippen LogP contribution in [-0.4, -0.2) is 66.3 Å². The number of fused-ring (bicyclic) bond motifs is 1. The lowest BCUT2D eigenvalue weighted by Gasteiger charge is -2.36. The van der Waals surface area contributed by atoms with Crippen LogP contribution in [-0.2, 0) is 14.4 Å². The van der Waals surface area contributed by atoms with Gasteiger partial charge in [0.1, 0.15) is 5.75 Å². The quantitative estimate of drug-likeness (QED) is 0.650. The van der Waals surface area contributed by atoms with E-state index in [0.717, 1.165) is 68.2 Å². The molecule has 2 aliphatic heterocycles. The molecule has 0 N–H and O–H groups in total. The van der Waals surface area contributed by atoms with Gasteiger partial charge in [-0.25, -0.2) is 4.90 Å². The Morgan fingerprint density at radius 3 is 2.23 bits per heavy atom. The van der Waals surface area contributed by atoms with E-state index < -0.39 is 0 Å². The van der Waals surface area contributed by atoms with Crippen molar-refractivity contribution in [3.05, 3.63) is 24.3 Å². The van der Waals surface area contributed by atoms with E-state index in [2.05, 4.69) is 15.9 Å². The molecule has 2 heterocycles. The van der Waals surface area contributed by atoms with E-state index in [-0.39, 0.29) is 42.1 Å². The second-order valence-electron chi connectivity index (χ2n) is 9.12. The molecular formula is C24H33N3O4. The van der Waals surface area contributed by atoms with Gasteiger partial charge in [-0.15, -0.1) is 0 Å². The van der Waals surface area contributed by atoms with Gasteiger partial charge in [0.15, 0.2) is 0 Å². The second-order valence-corrected chi connectivity index (χ2v) is 9.12. The maximum atomic E-state index is 12.7. The van der Waals surface area contributed by atoms with Gasteiger partial charge >= 0.3 is 0 Å². The van der Waals surface area contributed by atoms with Gasteiger partial charge in [-0.3, -0.25) is 19.3 Å². The number of carbonyl (C=O) groups is 3. The molecule has 0 aromatic heterocycles. The van der Waals surface area contributed by atoms with Gasteiger partial charge in [0, 0.05) is 39.1 Å². The summed E-state index contributed by atoms with van der Waals surface area (Å²) in [6, 6.07) is 8.10. The summed E-state index contributed by atoms with van der Waals surface area (Å²) in [5.41, 5.74) is 1.10. The zero-order valence-electron chi connectivity index (χ0n) is 18.6. The fraction of sp³-hybridized carbons (Fsp3) is 0.625. The van der Waals surface area contributed by atoms with Crippen LogP contribution in [0.15, 0.2) is 24.3 Å². The molecule has 168 valence electrons. The Bertz CT molecular complexity index is 808. The molecule has 1 aromatic carbocycles. The summed E-state index contributed by atoms with van der Waals surface area (Å²) >= 11 is 0. The fourth-order valence-electron chi connectivity index (χ4n) is 5.06. The van der Waals surface area contributed by atoms with Gasteiger partial charge in [-0.1, -0.05) is 25.0 Å². The molecule has 2 saturated heterocycles. The summed E-state index contributed by atoms with van der Waals surface area (Å²) in [6.45, 7) is 7.97. The third-order valence-corrected chi connectivity index (χ3v) is 6.67. The number of nitrogens with zero attached hydrogens (tertiary/aromatic N) is 3. The number of piperazine rings is 1. The van der Waals surface area contributed by atoms with Gasteiger partial charge in [0.2, 0.25) is 17.7 Å². The number of imide groups is 3. The predicted molar refractivity (Wildman–Crippen MR) is 118 cm³/mol. The number of amides is 3. The van der Waals surface area contributed by atoms with Gasteiger partial charge in [-0.2, -0.15) is 0 Å². The average molecular weight is 428 g/mol. The lowest BCUT2D eigenvalue weighted by molar-refractivity contribution is -0.150. The smallest absolute Gasteiger partial charge is 0.239 e. The van der Waals surface area contributed by atoms with E-state index in [4.69, 9.17) is 4.74 Å². The number of likely N-dealkylation sites (tertiary alicyclic amines) is 1. The first-order valence-electron chi connectivity index (χ1n) is 11.6. The Kier molecular flexibility index (Phi) is 6.60. The summed E-state index contributed by atoms with van der Waals surface area (Å²) in [7, 11) is 0. The standard InChI is InChI=1S/C24H33N3O4/c1-17(2)31-21-10-6-5-9-20(21)26-15-13-25(14-16-26)12-11-22(28)27-23(29)18-7-3-4-8-19(18)24(27)30/h5-6,9-10,17-19H,3-4,7-8,11-16H2,1-2H3. The predicted octanol–water partition coefficient (Wildman–Crippen LogP) is 2.69. The molecule has 3 aliphatic rings. The second kappa shape index (κ2) is 9.39. The van der Waals surface area contributed by atoms with Gasteiger partial charge in [0.05, 0.1) is 23.6 Å². The molecule has 31 heavy (non-hydrogen) atoms. The third-order valence-electron chi connectivity index (χ3n) is 6.67. The number of carbonyl (C=O) groups excluding carboxylic acids is 3. The molecule has 0 spiro atoms. The monoisotopic (exact) mass is 427 g/mol. The van der Waals surface area contributed by atoms with Gasteiger partial charge in [0.25, 0.3) is 0 Å². The van der Waals surface area contributed by atoms with Crippen LogP contribution in [0, 0.1) is 11.8 Å². The minimum absolute atomic E-state index is 0.119. The van der Waals surface area contributed by atoms with Crippen LogP contribution in [0.4, 0.5) is 5.69 Å². The van der Waals surface area contributed by atoms with Crippen molar-refractivity contribution < 1.29 is 19.1 Å². The highest BCUT2D eigenvalue weighted by Crippen LogP contribution is 2.38. The van der Waals surface area contributed by atoms with Crippen LogP contribution in [0.3, 0.4) is 0 Å². The lowest BCUT2D eigenvalue weighted by atomic mass is 9.81. The zero-order valence-corrected chi connectivity index (χ0v) is 18.6. The summed E-state index contributed by atoms with van der Waals surface area (Å²) < 4.78 is 5.95. The van der Waals surface area contributed by atoms with Crippen LogP contribution in [0.2, 0.25) is 0 Å². The normalized spacial score (nSPS) is 24.6. The summed E-state index contributed by atoms with van der Waals surface area (Å²) in [6.07, 6.45) is 3.75. The molecule has 0 radical (unpaired) electrons. The fourth-order valence-corrected chi connectivity index (χ4v) is 5.06. The van der Waals surface area contributed by atoms with Crippen LogP contribution in [0.5, 0.6) is 5.75 Å². The number of para-hydroxylation sites is 2. The van der Waals surface area contributed by atoms with Gasteiger partial charge < -0.3 is 9.64 Å². The van der Waals surface area contributed by atoms with E-state index in [0.29, 0.717) is 6.54 Å². The van der Waals surface area contributed by atoms with Crippen molar-refractivity contribution in [2.24, 2.45) is 11.8 Å². The summed E-state index contributed by atoms with van der Waals surface area (Å²) in [5.74, 6) is -0.475. The van der Waals surface area contributed by atoms with Crippen LogP contribution in [0.25, 0.3) is 0 Å². The Morgan fingerprint density at radius 1 is 1.00 bits per heavy atom. The molecule has 1 aromatic rings. The number of ether oxygens (including phenoxy) is 1. The Labute approximate surface area is 184 Å². The van der Waals surface area contributed by atoms with E-state index in [9.17, 15) is 14.4 Å². The first kappa shape index (κ1) is 21.8. The highest BCUT2D eigenvalue weighted by Gasteiger charge is 2.50. The molecule has 3 fully saturated rings. The number of rotatable bonds is 6. The average Bonchev–Trinajstić information content (AvgIpc) is 3.03. The Balaban J connectivity index is 1.29. The minimum atomic E-state index is -0.331. The number of anilines is 1. The molecule has 0 bridgehead atoms. The lowest BCUT2D eigenvalue weighted by Crippen LogP contribution is -2.48. The Hall–Kier alpha value is -2.41. The van der Waals surface area contributed by atoms with E-state index >= 15 is 0 Å². The SMILES string of the molecule is CC(C)Oc1ccccc1N1CCN(CCC(=O)N2C(=O)C3CCCCC3C2=O)CC1. The molecule has 2 unspecified atom stereocenters. The van der Waals surface area contributed by atoms with Crippen LogP contribution in [0.1, 0.15) is 46.0 Å². The van der Waals surface area contributed by atoms with E-state index in [1.54, 1.807) is 0 Å². The molecular weight excluding hydrogens is 394 g/mol. The zero-order chi connectivity index (χ0) is 22.0. The van der Waals surface area contributed by atoms with Crippen molar-refractivity contribution in [3.63, 3.8) is 0 Å². The maximum Gasteiger partial charge on any atom is 0.239 e. The van der Waals surface area contributed by atoms with E-state index in [1.807, 2.05) is 32.0 Å². The largest absolute Gasteiger partial charge is 0.489 e. The van der Waals surface area contributed by atoms with Crippen molar-refractivity contribution in [2.75, 3.05) is 37.6 Å². The first-order valence-corrected chi connectivity index (χ1v) is 11.6. The maximum absolute atomic E-state index is 12.7. The van der Waals surface area contributed by atoms with Crippen molar-refractivity contribution in [3.8, 4) is 5.75 Å². The first-order chi connectivity index (χ1) is 15.0. The van der Waals surface area contributed by atoms with Crippen molar-refractivity contribution in [1.29, 1.82) is 0 Å². The molecule has 7 nitrogen and oxygen atoms in total. The molecule has 2 atom stereocenters. The number of hydrogen-bond acceptors (Lipinski definition) is 6. The number of benzene rings is 1. The van der Waals surface area contributed by atoms with Crippen LogP contribution < -0.4 is 9.64 Å².